The second-order valence-corrected chi connectivity index (χ2v) is 5.26. The summed E-state index contributed by atoms with van der Waals surface area (Å²) >= 11 is 0. The second kappa shape index (κ2) is 5.19. The molecule has 0 aromatic heterocycles. The molecule has 2 saturated heterocycles. The van der Waals surface area contributed by atoms with Gasteiger partial charge in [0.1, 0.15) is 0 Å². The van der Waals surface area contributed by atoms with Crippen molar-refractivity contribution in [1.82, 2.24) is 0 Å². The van der Waals surface area contributed by atoms with Crippen LogP contribution in [0.15, 0.2) is 18.2 Å². The van der Waals surface area contributed by atoms with E-state index in [1.165, 1.54) is 42.9 Å². The third kappa shape index (κ3) is 2.32. The molecular weight excluding hydrogens is 224 g/mol. The molecule has 1 aromatic carbocycles. The van der Waals surface area contributed by atoms with E-state index in [1.807, 2.05) is 0 Å². The summed E-state index contributed by atoms with van der Waals surface area (Å²) in [6, 6.07) is 6.91. The molecule has 3 heteroatoms. The summed E-state index contributed by atoms with van der Waals surface area (Å²) in [6.07, 6.45) is 2.68. The smallest absolute Gasteiger partial charge is 0.0642 e. The lowest BCUT2D eigenvalue weighted by Crippen LogP contribution is -2.36. The molecule has 18 heavy (non-hydrogen) atoms. The van der Waals surface area contributed by atoms with Crippen LogP contribution < -0.4 is 9.80 Å². The number of hydrogen-bond donors (Lipinski definition) is 0. The van der Waals surface area contributed by atoms with Crippen LogP contribution in [0.5, 0.6) is 0 Å². The maximum Gasteiger partial charge on any atom is 0.0642 e. The molecule has 98 valence electrons. The summed E-state index contributed by atoms with van der Waals surface area (Å²) in [4.78, 5) is 4.93. The van der Waals surface area contributed by atoms with Crippen molar-refractivity contribution >= 4 is 11.4 Å². The van der Waals surface area contributed by atoms with Crippen molar-refractivity contribution in [2.45, 2.75) is 19.8 Å². The maximum absolute atomic E-state index is 5.42. The van der Waals surface area contributed by atoms with Gasteiger partial charge >= 0.3 is 0 Å². The molecule has 2 fully saturated rings. The van der Waals surface area contributed by atoms with E-state index < -0.39 is 0 Å². The van der Waals surface area contributed by atoms with Gasteiger partial charge in [-0.3, -0.25) is 0 Å². The monoisotopic (exact) mass is 246 g/mol. The molecule has 2 aliphatic heterocycles. The molecule has 2 heterocycles. The first-order valence-electron chi connectivity index (χ1n) is 7.03. The summed E-state index contributed by atoms with van der Waals surface area (Å²) in [5.74, 6) is 0. The predicted molar refractivity (Wildman–Crippen MR) is 75.7 cm³/mol. The number of ether oxygens (including phenoxy) is 1. The highest BCUT2D eigenvalue weighted by molar-refractivity contribution is 5.62. The fourth-order valence-electron chi connectivity index (χ4n) is 2.97. The Morgan fingerprint density at radius 2 is 1.67 bits per heavy atom. The van der Waals surface area contributed by atoms with E-state index in [2.05, 4.69) is 34.9 Å². The summed E-state index contributed by atoms with van der Waals surface area (Å²) in [7, 11) is 0. The topological polar surface area (TPSA) is 15.7 Å². The Bertz CT molecular complexity index is 407. The van der Waals surface area contributed by atoms with E-state index in [1.54, 1.807) is 0 Å². The van der Waals surface area contributed by atoms with Gasteiger partial charge in [-0.25, -0.2) is 0 Å². The number of aryl methyl sites for hydroxylation is 1. The summed E-state index contributed by atoms with van der Waals surface area (Å²) in [5.41, 5.74) is 4.16. The normalized spacial score (nSPS) is 20.5. The van der Waals surface area contributed by atoms with Crippen LogP contribution in [-0.4, -0.2) is 39.4 Å². The van der Waals surface area contributed by atoms with Crippen molar-refractivity contribution in [3.05, 3.63) is 23.8 Å². The Morgan fingerprint density at radius 3 is 2.33 bits per heavy atom. The Labute approximate surface area is 109 Å². The molecule has 0 N–H and O–H groups in total. The highest BCUT2D eigenvalue weighted by atomic mass is 16.5. The van der Waals surface area contributed by atoms with Crippen molar-refractivity contribution in [3.8, 4) is 0 Å². The van der Waals surface area contributed by atoms with Crippen LogP contribution >= 0.6 is 0 Å². The third-order valence-electron chi connectivity index (χ3n) is 4.00. The van der Waals surface area contributed by atoms with Crippen molar-refractivity contribution in [2.24, 2.45) is 0 Å². The van der Waals surface area contributed by atoms with Crippen molar-refractivity contribution in [3.63, 3.8) is 0 Å². The number of anilines is 2. The minimum Gasteiger partial charge on any atom is -0.378 e. The summed E-state index contributed by atoms with van der Waals surface area (Å²) in [6.45, 7) is 8.41. The van der Waals surface area contributed by atoms with Gasteiger partial charge in [0.25, 0.3) is 0 Å². The molecule has 0 amide bonds. The van der Waals surface area contributed by atoms with Gasteiger partial charge in [0, 0.05) is 37.6 Å². The van der Waals surface area contributed by atoms with Crippen molar-refractivity contribution in [1.29, 1.82) is 0 Å². The largest absolute Gasteiger partial charge is 0.378 e. The Morgan fingerprint density at radius 1 is 0.944 bits per heavy atom. The van der Waals surface area contributed by atoms with Gasteiger partial charge in [0.2, 0.25) is 0 Å². The van der Waals surface area contributed by atoms with E-state index in [0.717, 1.165) is 26.3 Å². The molecule has 0 radical (unpaired) electrons. The molecule has 0 bridgehead atoms. The van der Waals surface area contributed by atoms with Gasteiger partial charge in [-0.15, -0.1) is 0 Å². The molecule has 0 saturated carbocycles. The average Bonchev–Trinajstić information content (AvgIpc) is 2.93. The van der Waals surface area contributed by atoms with E-state index in [-0.39, 0.29) is 0 Å². The minimum absolute atomic E-state index is 0.854. The average molecular weight is 246 g/mol. The predicted octanol–water partition coefficient (Wildman–Crippen LogP) is 2.43. The van der Waals surface area contributed by atoms with Gasteiger partial charge in [0.15, 0.2) is 0 Å². The fourth-order valence-corrected chi connectivity index (χ4v) is 2.97. The second-order valence-electron chi connectivity index (χ2n) is 5.26. The number of morpholine rings is 1. The number of rotatable bonds is 2. The molecule has 1 aromatic rings. The molecular formula is C15H22N2O. The van der Waals surface area contributed by atoms with E-state index in [0.29, 0.717) is 0 Å². The zero-order chi connectivity index (χ0) is 12.4. The zero-order valence-electron chi connectivity index (χ0n) is 11.2. The minimum atomic E-state index is 0.854. The molecule has 3 rings (SSSR count). The van der Waals surface area contributed by atoms with Gasteiger partial charge in [-0.1, -0.05) is 0 Å². The lowest BCUT2D eigenvalue weighted by Gasteiger charge is -2.31. The highest BCUT2D eigenvalue weighted by Crippen LogP contribution is 2.28. The summed E-state index contributed by atoms with van der Waals surface area (Å²) < 4.78 is 5.42. The van der Waals surface area contributed by atoms with E-state index in [9.17, 15) is 0 Å². The van der Waals surface area contributed by atoms with Crippen LogP contribution in [0.1, 0.15) is 18.4 Å². The first kappa shape index (κ1) is 11.8. The van der Waals surface area contributed by atoms with Gasteiger partial charge in [0.05, 0.1) is 13.2 Å². The quantitative estimate of drug-likeness (QED) is 0.797. The lowest BCUT2D eigenvalue weighted by atomic mass is 10.1. The number of hydrogen-bond acceptors (Lipinski definition) is 3. The third-order valence-corrected chi connectivity index (χ3v) is 4.00. The van der Waals surface area contributed by atoms with Gasteiger partial charge < -0.3 is 14.5 Å². The molecule has 0 spiro atoms. The highest BCUT2D eigenvalue weighted by Gasteiger charge is 2.16. The van der Waals surface area contributed by atoms with Crippen LogP contribution in [0.25, 0.3) is 0 Å². The SMILES string of the molecule is Cc1cc(N2CCCC2)ccc1N1CCOCC1. The molecule has 3 nitrogen and oxygen atoms in total. The first-order chi connectivity index (χ1) is 8.84. The lowest BCUT2D eigenvalue weighted by molar-refractivity contribution is 0.122. The van der Waals surface area contributed by atoms with Crippen LogP contribution in [0.4, 0.5) is 11.4 Å². The molecule has 2 aliphatic rings. The molecule has 0 aliphatic carbocycles. The molecule has 0 atom stereocenters. The Balaban J connectivity index is 1.79. The van der Waals surface area contributed by atoms with Crippen molar-refractivity contribution < 1.29 is 4.74 Å². The number of nitrogens with zero attached hydrogens (tertiary/aromatic N) is 2. The standard InChI is InChI=1S/C15H22N2O/c1-13-12-14(16-6-2-3-7-16)4-5-15(13)17-8-10-18-11-9-17/h4-5,12H,2-3,6-11H2,1H3. The van der Waals surface area contributed by atoms with E-state index in [4.69, 9.17) is 4.74 Å². The zero-order valence-corrected chi connectivity index (χ0v) is 11.2. The molecule has 0 unspecified atom stereocenters. The van der Waals surface area contributed by atoms with Crippen LogP contribution in [-0.2, 0) is 4.74 Å². The Kier molecular flexibility index (Phi) is 3.41. The van der Waals surface area contributed by atoms with Gasteiger partial charge in [-0.2, -0.15) is 0 Å². The fraction of sp³-hybridized carbons (Fsp3) is 0.600. The first-order valence-corrected chi connectivity index (χ1v) is 7.03. The Hall–Kier alpha value is -1.22. The summed E-state index contributed by atoms with van der Waals surface area (Å²) in [5, 5.41) is 0. The van der Waals surface area contributed by atoms with Crippen LogP contribution in [0.3, 0.4) is 0 Å². The maximum atomic E-state index is 5.42. The van der Waals surface area contributed by atoms with Crippen LogP contribution in [0, 0.1) is 6.92 Å². The van der Waals surface area contributed by atoms with Gasteiger partial charge in [-0.05, 0) is 43.5 Å². The number of benzene rings is 1. The van der Waals surface area contributed by atoms with E-state index >= 15 is 0 Å². The van der Waals surface area contributed by atoms with Crippen LogP contribution in [0.2, 0.25) is 0 Å². The van der Waals surface area contributed by atoms with Crippen molar-refractivity contribution in [2.75, 3.05) is 49.2 Å².